The molecule has 1 fully saturated rings. The summed E-state index contributed by atoms with van der Waals surface area (Å²) in [7, 11) is 0. The zero-order valence-corrected chi connectivity index (χ0v) is 12.2. The van der Waals surface area contributed by atoms with E-state index >= 15 is 0 Å². The van der Waals surface area contributed by atoms with E-state index in [4.69, 9.17) is 11.6 Å². The van der Waals surface area contributed by atoms with Crippen LogP contribution in [0.1, 0.15) is 52.8 Å². The summed E-state index contributed by atoms with van der Waals surface area (Å²) in [5.41, 5.74) is 2.97. The highest BCUT2D eigenvalue weighted by Crippen LogP contribution is 2.27. The first-order valence-corrected chi connectivity index (χ1v) is 7.44. The number of nitrogens with one attached hydrogen (secondary N) is 1. The van der Waals surface area contributed by atoms with Crippen molar-refractivity contribution in [1.82, 2.24) is 10.4 Å². The minimum atomic E-state index is -0.526. The SMILES string of the molecule is O=C(NN1C(=O)c2ccc(Cl)cc2C1=O)C1CCCCC1. The van der Waals surface area contributed by atoms with Gasteiger partial charge in [0.25, 0.3) is 11.8 Å². The minimum absolute atomic E-state index is 0.119. The Hall–Kier alpha value is -1.88. The molecule has 1 aliphatic carbocycles. The molecule has 110 valence electrons. The van der Waals surface area contributed by atoms with Gasteiger partial charge in [-0.1, -0.05) is 30.9 Å². The Morgan fingerprint density at radius 3 is 2.48 bits per heavy atom. The van der Waals surface area contributed by atoms with Gasteiger partial charge in [0, 0.05) is 10.9 Å². The van der Waals surface area contributed by atoms with Crippen LogP contribution in [-0.2, 0) is 4.79 Å². The molecule has 1 aromatic rings. The van der Waals surface area contributed by atoms with Crippen LogP contribution in [0.15, 0.2) is 18.2 Å². The molecule has 0 bridgehead atoms. The molecule has 1 N–H and O–H groups in total. The van der Waals surface area contributed by atoms with E-state index in [1.807, 2.05) is 0 Å². The number of fused-ring (bicyclic) bond motifs is 1. The molecule has 21 heavy (non-hydrogen) atoms. The molecule has 1 heterocycles. The van der Waals surface area contributed by atoms with Gasteiger partial charge in [0.1, 0.15) is 0 Å². The lowest BCUT2D eigenvalue weighted by atomic mass is 9.89. The molecule has 1 saturated carbocycles. The van der Waals surface area contributed by atoms with Crippen LogP contribution in [-0.4, -0.2) is 22.7 Å². The Kier molecular flexibility index (Phi) is 3.68. The lowest BCUT2D eigenvalue weighted by Crippen LogP contribution is -2.48. The standard InChI is InChI=1S/C15H15ClN2O3/c16-10-6-7-11-12(8-10)15(21)18(14(11)20)17-13(19)9-4-2-1-3-5-9/h6-9H,1-5H2,(H,17,19). The Balaban J connectivity index is 1.77. The second kappa shape index (κ2) is 5.48. The van der Waals surface area contributed by atoms with Crippen molar-refractivity contribution in [2.24, 2.45) is 5.92 Å². The van der Waals surface area contributed by atoms with Crippen molar-refractivity contribution in [2.75, 3.05) is 0 Å². The molecular weight excluding hydrogens is 292 g/mol. The van der Waals surface area contributed by atoms with Crippen LogP contribution < -0.4 is 5.43 Å². The second-order valence-electron chi connectivity index (χ2n) is 5.45. The molecule has 1 aromatic carbocycles. The third-order valence-electron chi connectivity index (χ3n) is 4.05. The Labute approximate surface area is 127 Å². The number of hydrogen-bond acceptors (Lipinski definition) is 3. The lowest BCUT2D eigenvalue weighted by Gasteiger charge is -2.23. The first-order chi connectivity index (χ1) is 10.1. The number of rotatable bonds is 2. The molecule has 1 aliphatic heterocycles. The molecule has 3 rings (SSSR count). The summed E-state index contributed by atoms with van der Waals surface area (Å²) < 4.78 is 0. The third-order valence-corrected chi connectivity index (χ3v) is 4.28. The Morgan fingerprint density at radius 1 is 1.10 bits per heavy atom. The first kappa shape index (κ1) is 14.1. The van der Waals surface area contributed by atoms with Gasteiger partial charge in [0.15, 0.2) is 0 Å². The van der Waals surface area contributed by atoms with Crippen molar-refractivity contribution in [2.45, 2.75) is 32.1 Å². The smallest absolute Gasteiger partial charge is 0.273 e. The Bertz CT molecular complexity index is 623. The lowest BCUT2D eigenvalue weighted by molar-refractivity contribution is -0.129. The van der Waals surface area contributed by atoms with Gasteiger partial charge in [-0.3, -0.25) is 19.8 Å². The van der Waals surface area contributed by atoms with Gasteiger partial charge in [0.2, 0.25) is 5.91 Å². The van der Waals surface area contributed by atoms with Gasteiger partial charge in [-0.05, 0) is 31.0 Å². The molecular formula is C15H15ClN2O3. The topological polar surface area (TPSA) is 66.5 Å². The second-order valence-corrected chi connectivity index (χ2v) is 5.88. The zero-order valence-electron chi connectivity index (χ0n) is 11.4. The molecule has 0 aromatic heterocycles. The average Bonchev–Trinajstić information content (AvgIpc) is 2.73. The van der Waals surface area contributed by atoms with E-state index < -0.39 is 11.8 Å². The van der Waals surface area contributed by atoms with Crippen molar-refractivity contribution < 1.29 is 14.4 Å². The molecule has 5 nitrogen and oxygen atoms in total. The molecule has 0 unspecified atom stereocenters. The number of hydrogen-bond donors (Lipinski definition) is 1. The van der Waals surface area contributed by atoms with Crippen LogP contribution in [0.25, 0.3) is 0 Å². The number of benzene rings is 1. The summed E-state index contributed by atoms with van der Waals surface area (Å²) in [6.45, 7) is 0. The van der Waals surface area contributed by atoms with Crippen molar-refractivity contribution in [1.29, 1.82) is 0 Å². The van der Waals surface area contributed by atoms with Crippen molar-refractivity contribution in [3.63, 3.8) is 0 Å². The number of amides is 3. The number of halogens is 1. The van der Waals surface area contributed by atoms with Gasteiger partial charge >= 0.3 is 0 Å². The summed E-state index contributed by atoms with van der Waals surface area (Å²) in [4.78, 5) is 36.6. The molecule has 0 radical (unpaired) electrons. The zero-order chi connectivity index (χ0) is 15.0. The van der Waals surface area contributed by atoms with E-state index in [2.05, 4.69) is 5.43 Å². The summed E-state index contributed by atoms with van der Waals surface area (Å²) in [6.07, 6.45) is 4.77. The maximum atomic E-state index is 12.2. The minimum Gasteiger partial charge on any atom is -0.273 e. The fourth-order valence-corrected chi connectivity index (χ4v) is 3.05. The predicted molar refractivity (Wildman–Crippen MR) is 76.7 cm³/mol. The van der Waals surface area contributed by atoms with Gasteiger partial charge in [-0.25, -0.2) is 0 Å². The van der Waals surface area contributed by atoms with Crippen LogP contribution in [0, 0.1) is 5.92 Å². The average molecular weight is 307 g/mol. The van der Waals surface area contributed by atoms with E-state index in [0.717, 1.165) is 37.1 Å². The van der Waals surface area contributed by atoms with Crippen LogP contribution in [0.2, 0.25) is 5.02 Å². The first-order valence-electron chi connectivity index (χ1n) is 7.07. The fraction of sp³-hybridized carbons (Fsp3) is 0.400. The van der Waals surface area contributed by atoms with E-state index in [1.54, 1.807) is 6.07 Å². The quantitative estimate of drug-likeness (QED) is 0.854. The highest BCUT2D eigenvalue weighted by atomic mass is 35.5. The number of carbonyl (C=O) groups excluding carboxylic acids is 3. The summed E-state index contributed by atoms with van der Waals surface area (Å²) in [6, 6.07) is 4.51. The number of nitrogens with zero attached hydrogens (tertiary/aromatic N) is 1. The van der Waals surface area contributed by atoms with Crippen LogP contribution >= 0.6 is 11.6 Å². The molecule has 3 amide bonds. The van der Waals surface area contributed by atoms with Crippen molar-refractivity contribution >= 4 is 29.3 Å². The van der Waals surface area contributed by atoms with Gasteiger partial charge < -0.3 is 0 Å². The fourth-order valence-electron chi connectivity index (χ4n) is 2.88. The van der Waals surface area contributed by atoms with Crippen LogP contribution in [0.4, 0.5) is 0 Å². The van der Waals surface area contributed by atoms with E-state index in [9.17, 15) is 14.4 Å². The molecule has 0 saturated heterocycles. The van der Waals surface area contributed by atoms with Crippen molar-refractivity contribution in [3.05, 3.63) is 34.3 Å². The van der Waals surface area contributed by atoms with Gasteiger partial charge in [-0.15, -0.1) is 0 Å². The summed E-state index contributed by atoms with van der Waals surface area (Å²) in [5.74, 6) is -1.40. The highest BCUT2D eigenvalue weighted by molar-refractivity contribution is 6.32. The molecule has 2 aliphatic rings. The predicted octanol–water partition coefficient (Wildman–Crippen LogP) is 2.55. The monoisotopic (exact) mass is 306 g/mol. The largest absolute Gasteiger partial charge is 0.280 e. The number of hydrazine groups is 1. The number of carbonyl (C=O) groups is 3. The van der Waals surface area contributed by atoms with Gasteiger partial charge in [-0.2, -0.15) is 5.01 Å². The van der Waals surface area contributed by atoms with Crippen LogP contribution in [0.3, 0.4) is 0 Å². The van der Waals surface area contributed by atoms with Crippen LogP contribution in [0.5, 0.6) is 0 Å². The van der Waals surface area contributed by atoms with Gasteiger partial charge in [0.05, 0.1) is 11.1 Å². The molecule has 0 spiro atoms. The van der Waals surface area contributed by atoms with Crippen molar-refractivity contribution in [3.8, 4) is 0 Å². The highest BCUT2D eigenvalue weighted by Gasteiger charge is 2.38. The maximum absolute atomic E-state index is 12.2. The maximum Gasteiger partial charge on any atom is 0.280 e. The Morgan fingerprint density at radius 2 is 1.76 bits per heavy atom. The summed E-state index contributed by atoms with van der Waals surface area (Å²) in [5, 5.41) is 1.19. The number of imide groups is 1. The molecule has 6 heteroatoms. The molecule has 0 atom stereocenters. The normalized spacial score (nSPS) is 18.8. The third kappa shape index (κ3) is 2.53. The summed E-state index contributed by atoms with van der Waals surface area (Å²) >= 11 is 5.84. The van der Waals surface area contributed by atoms with E-state index in [1.165, 1.54) is 12.1 Å². The van der Waals surface area contributed by atoms with E-state index in [0.29, 0.717) is 5.02 Å². The van der Waals surface area contributed by atoms with E-state index in [-0.39, 0.29) is 23.0 Å².